The highest BCUT2D eigenvalue weighted by Gasteiger charge is 2.15. The fraction of sp³-hybridized carbons (Fsp3) is 0. The summed E-state index contributed by atoms with van der Waals surface area (Å²) in [5.74, 6) is 0. The molecule has 7 aromatic carbocycles. The van der Waals surface area contributed by atoms with Gasteiger partial charge in [-0.15, -0.1) is 0 Å². The Bertz CT molecular complexity index is 2990. The predicted molar refractivity (Wildman–Crippen MR) is 241 cm³/mol. The van der Waals surface area contributed by atoms with Gasteiger partial charge in [-0.2, -0.15) is 0 Å². The van der Waals surface area contributed by atoms with Gasteiger partial charge in [-0.3, -0.25) is 4.98 Å². The third kappa shape index (κ3) is 7.09. The summed E-state index contributed by atoms with van der Waals surface area (Å²) < 4.78 is 0. The molecule has 0 saturated heterocycles. The summed E-state index contributed by atoms with van der Waals surface area (Å²) in [5, 5.41) is 1.06. The highest BCUT2D eigenvalue weighted by Crippen LogP contribution is 2.37. The fourth-order valence-corrected chi connectivity index (χ4v) is 7.80. The Morgan fingerprint density at radius 1 is 0.241 bits per heavy atom. The lowest BCUT2D eigenvalue weighted by molar-refractivity contribution is 1.30. The molecule has 0 amide bonds. The number of aromatic nitrogens is 3. The molecular formula is C55H37N3. The van der Waals surface area contributed by atoms with Gasteiger partial charge < -0.3 is 0 Å². The molecule has 0 fully saturated rings. The van der Waals surface area contributed by atoms with Gasteiger partial charge >= 0.3 is 0 Å². The van der Waals surface area contributed by atoms with Crippen molar-refractivity contribution < 1.29 is 0 Å². The average molecular weight is 740 g/mol. The van der Waals surface area contributed by atoms with E-state index < -0.39 is 0 Å². The van der Waals surface area contributed by atoms with E-state index in [1.807, 2.05) is 30.6 Å². The Morgan fingerprint density at radius 3 is 1.24 bits per heavy atom. The van der Waals surface area contributed by atoms with Gasteiger partial charge in [-0.1, -0.05) is 152 Å². The molecule has 0 saturated carbocycles. The van der Waals surface area contributed by atoms with Crippen LogP contribution in [-0.2, 0) is 0 Å². The molecule has 0 radical (unpaired) electrons. The molecule has 3 nitrogen and oxygen atoms in total. The Hall–Kier alpha value is -7.75. The smallest absolute Gasteiger partial charge is 0.0723 e. The van der Waals surface area contributed by atoms with Gasteiger partial charge in [0.2, 0.25) is 0 Å². The van der Waals surface area contributed by atoms with E-state index in [1.165, 1.54) is 33.4 Å². The minimum absolute atomic E-state index is 0.894. The number of hydrogen-bond acceptors (Lipinski definition) is 3. The Labute approximate surface area is 338 Å². The maximum atomic E-state index is 5.29. The van der Waals surface area contributed by atoms with E-state index in [0.29, 0.717) is 0 Å². The molecule has 0 aliphatic carbocycles. The number of fused-ring (bicyclic) bond motifs is 1. The van der Waals surface area contributed by atoms with Gasteiger partial charge in [-0.05, 0) is 116 Å². The van der Waals surface area contributed by atoms with Crippen LogP contribution >= 0.6 is 0 Å². The molecule has 10 aromatic rings. The van der Waals surface area contributed by atoms with Crippen molar-refractivity contribution in [2.75, 3.05) is 0 Å². The van der Waals surface area contributed by atoms with Crippen LogP contribution < -0.4 is 0 Å². The first-order valence-electron chi connectivity index (χ1n) is 19.6. The standard InChI is InChI=1S/C55H37N3/c1-3-13-38(14-4-1)41-17-9-18-42(31-41)43-19-10-20-44(32-43)45-21-11-22-46(33-45)47-23-12-24-48(34-47)54-37-51(50-25-7-8-26-52(50)57-54)55-36-49(39-27-29-56-30-28-39)35-53(58-55)40-15-5-2-6-16-40/h1-37H. The number of benzene rings is 7. The lowest BCUT2D eigenvalue weighted by atomic mass is 9.94. The normalized spacial score (nSPS) is 11.1. The molecule has 3 heterocycles. The van der Waals surface area contributed by atoms with Crippen LogP contribution in [0, 0.1) is 0 Å². The van der Waals surface area contributed by atoms with Crippen molar-refractivity contribution in [1.82, 2.24) is 15.0 Å². The molecule has 0 bridgehead atoms. The molecule has 58 heavy (non-hydrogen) atoms. The Kier molecular flexibility index (Phi) is 9.23. The summed E-state index contributed by atoms with van der Waals surface area (Å²) in [6.45, 7) is 0. The third-order valence-electron chi connectivity index (χ3n) is 10.8. The lowest BCUT2D eigenvalue weighted by Crippen LogP contribution is -1.95. The summed E-state index contributed by atoms with van der Waals surface area (Å²) in [6.07, 6.45) is 3.67. The molecule has 0 spiro atoms. The van der Waals surface area contributed by atoms with Crippen molar-refractivity contribution in [2.24, 2.45) is 0 Å². The van der Waals surface area contributed by atoms with Crippen molar-refractivity contribution >= 4 is 10.9 Å². The first kappa shape index (κ1) is 34.7. The van der Waals surface area contributed by atoms with E-state index in [1.54, 1.807) is 0 Å². The van der Waals surface area contributed by atoms with E-state index in [0.717, 1.165) is 66.9 Å². The van der Waals surface area contributed by atoms with Gasteiger partial charge in [0, 0.05) is 34.5 Å². The summed E-state index contributed by atoms with van der Waals surface area (Å²) in [6, 6.07) is 75.1. The van der Waals surface area contributed by atoms with Crippen LogP contribution in [0.5, 0.6) is 0 Å². The molecular weight excluding hydrogens is 703 g/mol. The molecule has 0 unspecified atom stereocenters. The topological polar surface area (TPSA) is 38.7 Å². The summed E-state index contributed by atoms with van der Waals surface area (Å²) in [7, 11) is 0. The van der Waals surface area contributed by atoms with Gasteiger partial charge in [0.15, 0.2) is 0 Å². The van der Waals surface area contributed by atoms with E-state index in [9.17, 15) is 0 Å². The van der Waals surface area contributed by atoms with Crippen LogP contribution in [0.3, 0.4) is 0 Å². The van der Waals surface area contributed by atoms with E-state index in [4.69, 9.17) is 9.97 Å². The van der Waals surface area contributed by atoms with Crippen LogP contribution in [0.15, 0.2) is 225 Å². The minimum Gasteiger partial charge on any atom is -0.265 e. The summed E-state index contributed by atoms with van der Waals surface area (Å²) in [5.41, 5.74) is 18.4. The quantitative estimate of drug-likeness (QED) is 0.156. The number of rotatable bonds is 8. The van der Waals surface area contributed by atoms with Crippen LogP contribution in [0.1, 0.15) is 0 Å². The zero-order chi connectivity index (χ0) is 38.7. The number of para-hydroxylation sites is 1. The SMILES string of the molecule is c1ccc(-c2cccc(-c3cccc(-c4cccc(-c5cccc(-c6cc(-c7cc(-c8ccncc8)cc(-c8ccccc8)n7)c7ccccc7n6)c5)c4)c3)c2)cc1. The van der Waals surface area contributed by atoms with Crippen LogP contribution in [0.2, 0.25) is 0 Å². The third-order valence-corrected chi connectivity index (χ3v) is 10.8. The van der Waals surface area contributed by atoms with Crippen LogP contribution in [0.4, 0.5) is 0 Å². The average Bonchev–Trinajstić information content (AvgIpc) is 3.32. The maximum absolute atomic E-state index is 5.29. The minimum atomic E-state index is 0.894. The van der Waals surface area contributed by atoms with E-state index >= 15 is 0 Å². The first-order chi connectivity index (χ1) is 28.7. The van der Waals surface area contributed by atoms with Crippen molar-refractivity contribution in [3.05, 3.63) is 225 Å². The predicted octanol–water partition coefficient (Wildman–Crippen LogP) is 14.4. The lowest BCUT2D eigenvalue weighted by Gasteiger charge is -2.14. The molecule has 272 valence electrons. The monoisotopic (exact) mass is 739 g/mol. The largest absolute Gasteiger partial charge is 0.265 e. The fourth-order valence-electron chi connectivity index (χ4n) is 7.80. The van der Waals surface area contributed by atoms with Crippen molar-refractivity contribution in [3.8, 4) is 89.4 Å². The van der Waals surface area contributed by atoms with Gasteiger partial charge in [0.05, 0.1) is 22.6 Å². The molecule has 0 aliphatic rings. The second kappa shape index (κ2) is 15.4. The zero-order valence-corrected chi connectivity index (χ0v) is 31.7. The van der Waals surface area contributed by atoms with E-state index in [-0.39, 0.29) is 0 Å². The summed E-state index contributed by atoms with van der Waals surface area (Å²) >= 11 is 0. The number of hydrogen-bond donors (Lipinski definition) is 0. The molecule has 0 N–H and O–H groups in total. The molecule has 0 atom stereocenters. The van der Waals surface area contributed by atoms with Crippen LogP contribution in [0.25, 0.3) is 100 Å². The zero-order valence-electron chi connectivity index (χ0n) is 31.7. The van der Waals surface area contributed by atoms with Gasteiger partial charge in [0.25, 0.3) is 0 Å². The number of nitrogens with zero attached hydrogens (tertiary/aromatic N) is 3. The van der Waals surface area contributed by atoms with Crippen molar-refractivity contribution in [1.29, 1.82) is 0 Å². The highest BCUT2D eigenvalue weighted by molar-refractivity contribution is 5.97. The first-order valence-corrected chi connectivity index (χ1v) is 19.6. The molecule has 0 aliphatic heterocycles. The molecule has 3 heteroatoms. The molecule has 10 rings (SSSR count). The molecule has 3 aromatic heterocycles. The Balaban J connectivity index is 1.02. The van der Waals surface area contributed by atoms with Crippen molar-refractivity contribution in [3.63, 3.8) is 0 Å². The second-order valence-electron chi connectivity index (χ2n) is 14.5. The maximum Gasteiger partial charge on any atom is 0.0723 e. The Morgan fingerprint density at radius 2 is 0.655 bits per heavy atom. The summed E-state index contributed by atoms with van der Waals surface area (Å²) in [4.78, 5) is 14.8. The number of pyridine rings is 3. The highest BCUT2D eigenvalue weighted by atomic mass is 14.7. The van der Waals surface area contributed by atoms with Crippen molar-refractivity contribution in [2.45, 2.75) is 0 Å². The van der Waals surface area contributed by atoms with Crippen LogP contribution in [-0.4, -0.2) is 15.0 Å². The second-order valence-corrected chi connectivity index (χ2v) is 14.5. The van der Waals surface area contributed by atoms with Gasteiger partial charge in [-0.25, -0.2) is 9.97 Å². The van der Waals surface area contributed by atoms with Gasteiger partial charge in [0.1, 0.15) is 0 Å². The van der Waals surface area contributed by atoms with E-state index in [2.05, 4.69) is 199 Å².